The van der Waals surface area contributed by atoms with Crippen molar-refractivity contribution in [2.75, 3.05) is 6.26 Å². The Morgan fingerprint density at radius 1 is 0.960 bits per heavy atom. The minimum atomic E-state index is -4.53. The molecule has 10 heteroatoms. The number of rotatable bonds is 3. The first-order chi connectivity index (χ1) is 11.4. The number of piperidine rings is 1. The van der Waals surface area contributed by atoms with Gasteiger partial charge in [0.25, 0.3) is 0 Å². The average Bonchev–Trinajstić information content (AvgIpc) is 2.77. The first-order valence-electron chi connectivity index (χ1n) is 7.80. The molecule has 0 radical (unpaired) electrons. The normalized spacial score (nSPS) is 28.2. The van der Waals surface area contributed by atoms with Crippen molar-refractivity contribution in [1.29, 1.82) is 0 Å². The van der Waals surface area contributed by atoms with Crippen molar-refractivity contribution >= 4 is 19.9 Å². The third kappa shape index (κ3) is 3.43. The zero-order valence-corrected chi connectivity index (χ0v) is 15.0. The lowest BCUT2D eigenvalue weighted by atomic mass is 10.1. The molecule has 0 saturated carbocycles. The van der Waals surface area contributed by atoms with Gasteiger partial charge in [-0.15, -0.1) is 0 Å². The smallest absolute Gasteiger partial charge is 0.229 e. The van der Waals surface area contributed by atoms with Gasteiger partial charge in [-0.1, -0.05) is 0 Å². The topological polar surface area (TPSA) is 71.5 Å². The Balaban J connectivity index is 1.89. The van der Waals surface area contributed by atoms with Crippen molar-refractivity contribution in [2.45, 2.75) is 54.1 Å². The highest BCUT2D eigenvalue weighted by Crippen LogP contribution is 2.41. The highest BCUT2D eigenvalue weighted by molar-refractivity contribution is 7.91. The summed E-state index contributed by atoms with van der Waals surface area (Å²) in [4.78, 5) is -0.199. The van der Waals surface area contributed by atoms with E-state index < -0.39 is 48.9 Å². The molecule has 2 aliphatic rings. The van der Waals surface area contributed by atoms with Crippen LogP contribution in [0.5, 0.6) is 0 Å². The second-order valence-corrected chi connectivity index (χ2v) is 10.8. The molecule has 0 amide bonds. The molecule has 2 bridgehead atoms. The van der Waals surface area contributed by atoms with Crippen LogP contribution in [0.3, 0.4) is 0 Å². The molecule has 0 aliphatic carbocycles. The average molecular weight is 397 g/mol. The van der Waals surface area contributed by atoms with E-state index in [1.54, 1.807) is 0 Å². The van der Waals surface area contributed by atoms with Gasteiger partial charge in [0.05, 0.1) is 15.7 Å². The number of hydrogen-bond acceptors (Lipinski definition) is 4. The van der Waals surface area contributed by atoms with Crippen molar-refractivity contribution in [1.82, 2.24) is 4.31 Å². The van der Waals surface area contributed by atoms with Crippen LogP contribution in [0.2, 0.25) is 0 Å². The molecular formula is C15H18F3NO4S2. The first-order valence-corrected chi connectivity index (χ1v) is 11.2. The van der Waals surface area contributed by atoms with E-state index in [9.17, 15) is 30.0 Å². The molecule has 0 spiro atoms. The molecule has 3 rings (SSSR count). The summed E-state index contributed by atoms with van der Waals surface area (Å²) in [6.07, 6.45) is -1.79. The van der Waals surface area contributed by atoms with Gasteiger partial charge in [0, 0.05) is 18.3 Å². The Morgan fingerprint density at radius 2 is 1.44 bits per heavy atom. The van der Waals surface area contributed by atoms with Gasteiger partial charge >= 0.3 is 6.18 Å². The lowest BCUT2D eigenvalue weighted by Crippen LogP contribution is -2.49. The molecule has 2 heterocycles. The number of sulfone groups is 1. The number of nitrogens with zero attached hydrogens (tertiary/aromatic N) is 1. The van der Waals surface area contributed by atoms with Crippen LogP contribution in [0.1, 0.15) is 31.2 Å². The molecule has 2 fully saturated rings. The fourth-order valence-electron chi connectivity index (χ4n) is 3.76. The lowest BCUT2D eigenvalue weighted by Gasteiger charge is -2.37. The van der Waals surface area contributed by atoms with E-state index >= 15 is 0 Å². The molecule has 0 aromatic heterocycles. The predicted molar refractivity (Wildman–Crippen MR) is 85.1 cm³/mol. The van der Waals surface area contributed by atoms with Crippen LogP contribution in [0.25, 0.3) is 0 Å². The second kappa shape index (κ2) is 5.95. The number of alkyl halides is 3. The highest BCUT2D eigenvalue weighted by Gasteiger charge is 2.49. The Morgan fingerprint density at radius 3 is 1.84 bits per heavy atom. The monoisotopic (exact) mass is 397 g/mol. The SMILES string of the molecule is CS(=O)(=O)C1CC2CCC(C1)N2S(=O)(=O)c1ccc(C(F)(F)F)cc1. The van der Waals surface area contributed by atoms with Gasteiger partial charge in [-0.2, -0.15) is 17.5 Å². The predicted octanol–water partition coefficient (Wildman–Crippen LogP) is 2.43. The van der Waals surface area contributed by atoms with E-state index in [4.69, 9.17) is 0 Å². The van der Waals surface area contributed by atoms with Crippen LogP contribution in [0, 0.1) is 0 Å². The van der Waals surface area contributed by atoms with Crippen molar-refractivity contribution in [3.8, 4) is 0 Å². The molecule has 2 aliphatic heterocycles. The standard InChI is InChI=1S/C15H18F3NO4S2/c1-24(20,21)14-8-11-4-5-12(9-14)19(11)25(22,23)13-6-2-10(3-7-13)15(16,17)18/h2-3,6-7,11-12,14H,4-5,8-9H2,1H3. The zero-order valence-electron chi connectivity index (χ0n) is 13.4. The van der Waals surface area contributed by atoms with Gasteiger partial charge in [0.2, 0.25) is 10.0 Å². The maximum atomic E-state index is 12.9. The molecule has 5 nitrogen and oxygen atoms in total. The van der Waals surface area contributed by atoms with E-state index in [1.807, 2.05) is 0 Å². The van der Waals surface area contributed by atoms with Crippen LogP contribution in [0.4, 0.5) is 13.2 Å². The minimum absolute atomic E-state index is 0.199. The Hall–Kier alpha value is -1.13. The third-order valence-corrected chi connectivity index (χ3v) is 8.60. The summed E-state index contributed by atoms with van der Waals surface area (Å²) in [5.74, 6) is 0. The third-order valence-electron chi connectivity index (χ3n) is 4.99. The first kappa shape index (κ1) is 18.7. The van der Waals surface area contributed by atoms with Crippen LogP contribution in [-0.2, 0) is 26.0 Å². The summed E-state index contributed by atoms with van der Waals surface area (Å²) >= 11 is 0. The quantitative estimate of drug-likeness (QED) is 0.785. The van der Waals surface area contributed by atoms with Gasteiger partial charge in [-0.25, -0.2) is 16.8 Å². The molecular weight excluding hydrogens is 379 g/mol. The van der Waals surface area contributed by atoms with Gasteiger partial charge in [-0.05, 0) is 49.9 Å². The van der Waals surface area contributed by atoms with E-state index in [-0.39, 0.29) is 17.7 Å². The molecule has 2 atom stereocenters. The second-order valence-electron chi connectivity index (χ2n) is 6.67. The van der Waals surface area contributed by atoms with Crippen LogP contribution < -0.4 is 0 Å². The number of fused-ring (bicyclic) bond motifs is 2. The van der Waals surface area contributed by atoms with Crippen LogP contribution in [-0.4, -0.2) is 44.7 Å². The lowest BCUT2D eigenvalue weighted by molar-refractivity contribution is -0.137. The molecule has 1 aromatic carbocycles. The molecule has 140 valence electrons. The van der Waals surface area contributed by atoms with Crippen molar-refractivity contribution in [3.05, 3.63) is 29.8 Å². The Bertz CT molecular complexity index is 849. The molecule has 2 saturated heterocycles. The maximum absolute atomic E-state index is 12.9. The van der Waals surface area contributed by atoms with Crippen LogP contribution in [0.15, 0.2) is 29.2 Å². The van der Waals surface area contributed by atoms with Gasteiger partial charge in [-0.3, -0.25) is 0 Å². The van der Waals surface area contributed by atoms with E-state index in [0.29, 0.717) is 12.8 Å². The van der Waals surface area contributed by atoms with Gasteiger partial charge in [0.1, 0.15) is 9.84 Å². The number of hydrogen-bond donors (Lipinski definition) is 0. The fourth-order valence-corrected chi connectivity index (χ4v) is 6.80. The number of sulfonamides is 1. The number of benzene rings is 1. The molecule has 25 heavy (non-hydrogen) atoms. The highest BCUT2D eigenvalue weighted by atomic mass is 32.2. The number of halogens is 3. The van der Waals surface area contributed by atoms with Crippen molar-refractivity contribution in [2.24, 2.45) is 0 Å². The Kier molecular flexibility index (Phi) is 4.44. The van der Waals surface area contributed by atoms with E-state index in [1.165, 1.54) is 4.31 Å². The minimum Gasteiger partial charge on any atom is -0.229 e. The van der Waals surface area contributed by atoms with E-state index in [2.05, 4.69) is 0 Å². The largest absolute Gasteiger partial charge is 0.416 e. The van der Waals surface area contributed by atoms with Gasteiger partial charge < -0.3 is 0 Å². The molecule has 1 aromatic rings. The summed E-state index contributed by atoms with van der Waals surface area (Å²) in [7, 11) is -7.21. The molecule has 2 unspecified atom stereocenters. The van der Waals surface area contributed by atoms with Crippen molar-refractivity contribution in [3.63, 3.8) is 0 Å². The Labute approximate surface area is 144 Å². The summed E-state index contributed by atoms with van der Waals surface area (Å²) in [6, 6.07) is 2.56. The van der Waals surface area contributed by atoms with E-state index in [0.717, 1.165) is 30.5 Å². The summed E-state index contributed by atoms with van der Waals surface area (Å²) in [5, 5.41) is -0.566. The summed E-state index contributed by atoms with van der Waals surface area (Å²) < 4.78 is 88.5. The summed E-state index contributed by atoms with van der Waals surface area (Å²) in [6.45, 7) is 0. The maximum Gasteiger partial charge on any atom is 0.416 e. The van der Waals surface area contributed by atoms with Crippen molar-refractivity contribution < 1.29 is 30.0 Å². The van der Waals surface area contributed by atoms with Gasteiger partial charge in [0.15, 0.2) is 0 Å². The fraction of sp³-hybridized carbons (Fsp3) is 0.600. The summed E-state index contributed by atoms with van der Waals surface area (Å²) in [5.41, 5.74) is -0.912. The zero-order chi connectivity index (χ0) is 18.6. The molecule has 0 N–H and O–H groups in total. The van der Waals surface area contributed by atoms with Crippen LogP contribution >= 0.6 is 0 Å².